The van der Waals surface area contributed by atoms with Crippen LogP contribution in [0.4, 0.5) is 5.69 Å². The highest BCUT2D eigenvalue weighted by atomic mass is 79.9. The van der Waals surface area contributed by atoms with E-state index in [0.29, 0.717) is 6.42 Å². The van der Waals surface area contributed by atoms with E-state index < -0.39 is 0 Å². The Morgan fingerprint density at radius 3 is 2.90 bits per heavy atom. The highest BCUT2D eigenvalue weighted by molar-refractivity contribution is 9.10. The van der Waals surface area contributed by atoms with E-state index in [0.717, 1.165) is 32.8 Å². The molecule has 0 saturated heterocycles. The number of aromatic nitrogens is 1. The molecule has 0 amide bonds. The Bertz CT molecular complexity index is 879. The smallest absolute Gasteiger partial charge is 0.121 e. The Kier molecular flexibility index (Phi) is 2.83. The molecule has 0 atom stereocenters. The number of rotatable bonds is 0. The molecule has 5 heteroatoms. The van der Waals surface area contributed by atoms with Gasteiger partial charge in [0.2, 0.25) is 0 Å². The van der Waals surface area contributed by atoms with Crippen LogP contribution in [0.1, 0.15) is 5.56 Å². The molecule has 0 saturated carbocycles. The largest absolute Gasteiger partial charge is 0.354 e. The first-order valence-electron chi connectivity index (χ1n) is 6.70. The number of hydrazine groups is 1. The fraction of sp³-hybridized carbons (Fsp3) is 0.0625. The van der Waals surface area contributed by atoms with E-state index in [4.69, 9.17) is 5.84 Å². The predicted octanol–water partition coefficient (Wildman–Crippen LogP) is 3.65. The zero-order valence-electron chi connectivity index (χ0n) is 11.2. The highest BCUT2D eigenvalue weighted by Crippen LogP contribution is 2.38. The van der Waals surface area contributed by atoms with Gasteiger partial charge in [-0.05, 0) is 29.8 Å². The Morgan fingerprint density at radius 1 is 1.19 bits per heavy atom. The van der Waals surface area contributed by atoms with E-state index in [1.165, 1.54) is 10.9 Å². The molecule has 4 nitrogen and oxygen atoms in total. The van der Waals surface area contributed by atoms with Crippen LogP contribution in [0, 0.1) is 0 Å². The lowest BCUT2D eigenvalue weighted by Gasteiger charge is -2.03. The third-order valence-electron chi connectivity index (χ3n) is 3.81. The van der Waals surface area contributed by atoms with Gasteiger partial charge < -0.3 is 10.4 Å². The molecule has 0 aliphatic carbocycles. The molecule has 0 fully saturated rings. The number of aliphatic imine (C=N–C) groups is 1. The summed E-state index contributed by atoms with van der Waals surface area (Å²) < 4.78 is 1.06. The van der Waals surface area contributed by atoms with Crippen LogP contribution < -0.4 is 11.3 Å². The molecule has 3 aromatic rings. The number of hydrogen-bond acceptors (Lipinski definition) is 3. The standard InChI is InChI=1S/C16H13BrN4/c17-9-5-6-14-11(7-9)12-8-15(21-18)19-13-4-2-1-3-10(13)16(12)20-14/h1-7,20H,8,18H2,(H,19,21). The van der Waals surface area contributed by atoms with Gasteiger partial charge in [0.15, 0.2) is 0 Å². The van der Waals surface area contributed by atoms with Gasteiger partial charge in [-0.25, -0.2) is 10.8 Å². The van der Waals surface area contributed by atoms with Crippen LogP contribution >= 0.6 is 15.9 Å². The second-order valence-corrected chi connectivity index (χ2v) is 5.98. The van der Waals surface area contributed by atoms with Crippen molar-refractivity contribution < 1.29 is 0 Å². The Hall–Kier alpha value is -2.11. The number of nitrogens with zero attached hydrogens (tertiary/aromatic N) is 1. The number of aromatic amines is 1. The highest BCUT2D eigenvalue weighted by Gasteiger charge is 2.20. The molecule has 0 unspecified atom stereocenters. The molecule has 1 aliphatic rings. The monoisotopic (exact) mass is 340 g/mol. The summed E-state index contributed by atoms with van der Waals surface area (Å²) in [5.41, 5.74) is 8.20. The maximum atomic E-state index is 5.63. The van der Waals surface area contributed by atoms with Crippen molar-refractivity contribution in [3.05, 3.63) is 52.5 Å². The van der Waals surface area contributed by atoms with Gasteiger partial charge in [0.25, 0.3) is 0 Å². The van der Waals surface area contributed by atoms with Crippen molar-refractivity contribution in [2.24, 2.45) is 10.8 Å². The predicted molar refractivity (Wildman–Crippen MR) is 89.6 cm³/mol. The second kappa shape index (κ2) is 4.72. The molecule has 0 bridgehead atoms. The van der Waals surface area contributed by atoms with E-state index in [1.54, 1.807) is 0 Å². The lowest BCUT2D eigenvalue weighted by atomic mass is 10.0. The van der Waals surface area contributed by atoms with Crippen LogP contribution in [-0.4, -0.2) is 10.8 Å². The maximum absolute atomic E-state index is 5.63. The summed E-state index contributed by atoms with van der Waals surface area (Å²) in [6.07, 6.45) is 0.678. The quantitative estimate of drug-likeness (QED) is 0.432. The van der Waals surface area contributed by atoms with Crippen molar-refractivity contribution >= 4 is 38.4 Å². The van der Waals surface area contributed by atoms with Crippen LogP contribution in [0.15, 0.2) is 51.9 Å². The second-order valence-electron chi connectivity index (χ2n) is 5.07. The Balaban J connectivity index is 2.09. The van der Waals surface area contributed by atoms with Crippen molar-refractivity contribution in [3.8, 4) is 11.3 Å². The van der Waals surface area contributed by atoms with E-state index in [2.05, 4.69) is 49.5 Å². The number of para-hydroxylation sites is 1. The zero-order valence-corrected chi connectivity index (χ0v) is 12.7. The van der Waals surface area contributed by atoms with E-state index in [-0.39, 0.29) is 0 Å². The molecule has 0 spiro atoms. The van der Waals surface area contributed by atoms with Crippen molar-refractivity contribution in [3.63, 3.8) is 0 Å². The van der Waals surface area contributed by atoms with Gasteiger partial charge in [0, 0.05) is 27.4 Å². The molecule has 104 valence electrons. The van der Waals surface area contributed by atoms with Gasteiger partial charge in [0.1, 0.15) is 5.84 Å². The summed E-state index contributed by atoms with van der Waals surface area (Å²) in [7, 11) is 0. The number of fused-ring (bicyclic) bond motifs is 5. The van der Waals surface area contributed by atoms with Crippen LogP contribution in [0.3, 0.4) is 0 Å². The van der Waals surface area contributed by atoms with Crippen LogP contribution in [0.2, 0.25) is 0 Å². The van der Waals surface area contributed by atoms with E-state index >= 15 is 0 Å². The van der Waals surface area contributed by atoms with Gasteiger partial charge in [-0.1, -0.05) is 34.1 Å². The normalized spacial score (nSPS) is 13.3. The minimum Gasteiger partial charge on any atom is -0.354 e. The number of hydrogen-bond donors (Lipinski definition) is 3. The van der Waals surface area contributed by atoms with Crippen LogP contribution in [0.25, 0.3) is 22.2 Å². The zero-order chi connectivity index (χ0) is 14.4. The van der Waals surface area contributed by atoms with Gasteiger partial charge in [0.05, 0.1) is 11.4 Å². The van der Waals surface area contributed by atoms with Gasteiger partial charge >= 0.3 is 0 Å². The van der Waals surface area contributed by atoms with Gasteiger partial charge in [-0.15, -0.1) is 0 Å². The lowest BCUT2D eigenvalue weighted by molar-refractivity contribution is 0.993. The summed E-state index contributed by atoms with van der Waals surface area (Å²) in [6, 6.07) is 14.4. The molecule has 2 aromatic carbocycles. The Morgan fingerprint density at radius 2 is 2.05 bits per heavy atom. The SMILES string of the molecule is NNC1=Nc2ccccc2-c2[nH]c3ccc(Br)cc3c2C1. The molecule has 4 N–H and O–H groups in total. The molecule has 21 heavy (non-hydrogen) atoms. The number of nitrogens with two attached hydrogens (primary N) is 1. The first-order valence-corrected chi connectivity index (χ1v) is 7.49. The number of nitrogens with one attached hydrogen (secondary N) is 2. The summed E-state index contributed by atoms with van der Waals surface area (Å²) in [5.74, 6) is 6.40. The van der Waals surface area contributed by atoms with Crippen molar-refractivity contribution in [1.82, 2.24) is 10.4 Å². The number of halogens is 1. The topological polar surface area (TPSA) is 66.2 Å². The van der Waals surface area contributed by atoms with Gasteiger partial charge in [-0.3, -0.25) is 0 Å². The van der Waals surface area contributed by atoms with Crippen LogP contribution in [-0.2, 0) is 6.42 Å². The molecular formula is C16H13BrN4. The van der Waals surface area contributed by atoms with Crippen molar-refractivity contribution in [1.29, 1.82) is 0 Å². The molecule has 1 aromatic heterocycles. The first-order chi connectivity index (χ1) is 10.3. The summed E-state index contributed by atoms with van der Waals surface area (Å²) in [4.78, 5) is 8.14. The molecule has 0 radical (unpaired) electrons. The average molecular weight is 341 g/mol. The maximum Gasteiger partial charge on any atom is 0.121 e. The third kappa shape index (κ3) is 1.97. The van der Waals surface area contributed by atoms with Crippen LogP contribution in [0.5, 0.6) is 0 Å². The summed E-state index contributed by atoms with van der Waals surface area (Å²) in [6.45, 7) is 0. The first kappa shape index (κ1) is 12.6. The minimum atomic E-state index is 0.678. The molecule has 2 heterocycles. The number of benzene rings is 2. The lowest BCUT2D eigenvalue weighted by Crippen LogP contribution is -2.31. The fourth-order valence-corrected chi connectivity index (χ4v) is 3.21. The minimum absolute atomic E-state index is 0.678. The van der Waals surface area contributed by atoms with E-state index in [1.807, 2.05) is 24.3 Å². The van der Waals surface area contributed by atoms with Crippen molar-refractivity contribution in [2.75, 3.05) is 0 Å². The molecule has 1 aliphatic heterocycles. The Labute approximate surface area is 130 Å². The number of H-pyrrole nitrogens is 1. The summed E-state index contributed by atoms with van der Waals surface area (Å²) in [5, 5.41) is 1.19. The third-order valence-corrected chi connectivity index (χ3v) is 4.30. The molecule has 4 rings (SSSR count). The van der Waals surface area contributed by atoms with Gasteiger partial charge in [-0.2, -0.15) is 0 Å². The summed E-state index contributed by atoms with van der Waals surface area (Å²) >= 11 is 3.54. The number of amidine groups is 1. The fourth-order valence-electron chi connectivity index (χ4n) is 2.85. The van der Waals surface area contributed by atoms with E-state index in [9.17, 15) is 0 Å². The molecular weight excluding hydrogens is 328 g/mol. The van der Waals surface area contributed by atoms with Crippen molar-refractivity contribution in [2.45, 2.75) is 6.42 Å². The average Bonchev–Trinajstić information content (AvgIpc) is 2.76.